The molecule has 5 nitrogen and oxygen atoms in total. The van der Waals surface area contributed by atoms with Crippen LogP contribution in [0.3, 0.4) is 0 Å². The summed E-state index contributed by atoms with van der Waals surface area (Å²) in [6.45, 7) is 4.40. The molecular formula is C20H26ClN3O2. The molecule has 2 aromatic carbocycles. The number of rotatable bonds is 8. The lowest BCUT2D eigenvalue weighted by molar-refractivity contribution is 0.202. The Morgan fingerprint density at radius 3 is 2.46 bits per heavy atom. The molecule has 0 aliphatic heterocycles. The first-order valence-corrected chi connectivity index (χ1v) is 9.04. The molecule has 2 amide bonds. The number of hydrogen-bond donors (Lipinski definition) is 1. The Morgan fingerprint density at radius 2 is 1.85 bits per heavy atom. The molecular weight excluding hydrogens is 350 g/mol. The van der Waals surface area contributed by atoms with E-state index in [-0.39, 0.29) is 6.03 Å². The molecule has 0 atom stereocenters. The predicted molar refractivity (Wildman–Crippen MR) is 107 cm³/mol. The quantitative estimate of drug-likeness (QED) is 0.746. The van der Waals surface area contributed by atoms with Crippen LogP contribution in [0.4, 0.5) is 10.5 Å². The maximum absolute atomic E-state index is 12.8. The molecule has 0 fully saturated rings. The van der Waals surface area contributed by atoms with Gasteiger partial charge < -0.3 is 19.9 Å². The van der Waals surface area contributed by atoms with Gasteiger partial charge in [0.05, 0.1) is 11.6 Å². The third-order valence-electron chi connectivity index (χ3n) is 3.80. The van der Waals surface area contributed by atoms with E-state index in [4.69, 9.17) is 16.3 Å². The van der Waals surface area contributed by atoms with Crippen molar-refractivity contribution in [2.24, 2.45) is 0 Å². The SMILES string of the molecule is CCOc1ccc(NC(=O)N(CCN(C)C)Cc2ccccc2)cc1Cl. The van der Waals surface area contributed by atoms with Crippen LogP contribution in [-0.2, 0) is 6.54 Å². The molecule has 0 aliphatic carbocycles. The van der Waals surface area contributed by atoms with Crippen LogP contribution in [-0.4, -0.2) is 49.6 Å². The summed E-state index contributed by atoms with van der Waals surface area (Å²) in [5.74, 6) is 0.612. The van der Waals surface area contributed by atoms with Gasteiger partial charge in [-0.05, 0) is 44.8 Å². The van der Waals surface area contributed by atoms with Crippen molar-refractivity contribution >= 4 is 23.3 Å². The van der Waals surface area contributed by atoms with Crippen LogP contribution < -0.4 is 10.1 Å². The number of hydrogen-bond acceptors (Lipinski definition) is 3. The molecule has 0 bridgehead atoms. The van der Waals surface area contributed by atoms with E-state index < -0.39 is 0 Å². The molecule has 0 radical (unpaired) electrons. The van der Waals surface area contributed by atoms with Crippen molar-refractivity contribution in [3.8, 4) is 5.75 Å². The minimum absolute atomic E-state index is 0.157. The molecule has 2 aromatic rings. The van der Waals surface area contributed by atoms with Gasteiger partial charge in [0.15, 0.2) is 0 Å². The highest BCUT2D eigenvalue weighted by atomic mass is 35.5. The highest BCUT2D eigenvalue weighted by Gasteiger charge is 2.15. The molecule has 140 valence electrons. The number of nitrogens with one attached hydrogen (secondary N) is 1. The monoisotopic (exact) mass is 375 g/mol. The summed E-state index contributed by atoms with van der Waals surface area (Å²) in [7, 11) is 3.98. The zero-order chi connectivity index (χ0) is 18.9. The summed E-state index contributed by atoms with van der Waals surface area (Å²) < 4.78 is 5.43. The number of urea groups is 1. The largest absolute Gasteiger partial charge is 0.492 e. The summed E-state index contributed by atoms with van der Waals surface area (Å²) in [6, 6.07) is 15.1. The topological polar surface area (TPSA) is 44.8 Å². The molecule has 0 saturated carbocycles. The standard InChI is InChI=1S/C20H26ClN3O2/c1-4-26-19-11-10-17(14-18(19)21)22-20(25)24(13-12-23(2)3)15-16-8-6-5-7-9-16/h5-11,14H,4,12-13,15H2,1-3H3,(H,22,25). The Bertz CT molecular complexity index is 707. The highest BCUT2D eigenvalue weighted by molar-refractivity contribution is 6.32. The van der Waals surface area contributed by atoms with Gasteiger partial charge in [0.2, 0.25) is 0 Å². The van der Waals surface area contributed by atoms with Crippen LogP contribution in [0.5, 0.6) is 5.75 Å². The number of nitrogens with zero attached hydrogens (tertiary/aromatic N) is 2. The average Bonchev–Trinajstić information content (AvgIpc) is 2.61. The van der Waals surface area contributed by atoms with Gasteiger partial charge in [0.25, 0.3) is 0 Å². The number of ether oxygens (including phenoxy) is 1. The van der Waals surface area contributed by atoms with Gasteiger partial charge in [-0.25, -0.2) is 4.79 Å². The Hall–Kier alpha value is -2.24. The van der Waals surface area contributed by atoms with E-state index in [2.05, 4.69) is 10.2 Å². The molecule has 0 saturated heterocycles. The van der Waals surface area contributed by atoms with Crippen molar-refractivity contribution in [1.29, 1.82) is 0 Å². The fourth-order valence-electron chi connectivity index (χ4n) is 2.43. The third-order valence-corrected chi connectivity index (χ3v) is 4.10. The first-order valence-electron chi connectivity index (χ1n) is 8.66. The van der Waals surface area contributed by atoms with E-state index in [1.807, 2.05) is 51.4 Å². The maximum Gasteiger partial charge on any atom is 0.322 e. The van der Waals surface area contributed by atoms with Crippen LogP contribution in [0.1, 0.15) is 12.5 Å². The summed E-state index contributed by atoms with van der Waals surface area (Å²) in [6.07, 6.45) is 0. The van der Waals surface area contributed by atoms with Crippen molar-refractivity contribution in [3.05, 3.63) is 59.1 Å². The summed E-state index contributed by atoms with van der Waals surface area (Å²) in [5.41, 5.74) is 1.73. The van der Waals surface area contributed by atoms with E-state index in [0.717, 1.165) is 12.1 Å². The van der Waals surface area contributed by atoms with Crippen LogP contribution >= 0.6 is 11.6 Å². The first-order chi connectivity index (χ1) is 12.5. The number of halogens is 1. The maximum atomic E-state index is 12.8. The Balaban J connectivity index is 2.08. The van der Waals surface area contributed by atoms with Gasteiger partial charge in [0, 0.05) is 25.3 Å². The number of amides is 2. The molecule has 0 spiro atoms. The fourth-order valence-corrected chi connectivity index (χ4v) is 2.67. The Labute approximate surface area is 160 Å². The zero-order valence-electron chi connectivity index (χ0n) is 15.5. The normalized spacial score (nSPS) is 10.7. The number of anilines is 1. The fraction of sp³-hybridized carbons (Fsp3) is 0.350. The van der Waals surface area contributed by atoms with Crippen LogP contribution in [0.15, 0.2) is 48.5 Å². The van der Waals surface area contributed by atoms with E-state index in [0.29, 0.717) is 36.2 Å². The predicted octanol–water partition coefficient (Wildman–Crippen LogP) is 4.33. The zero-order valence-corrected chi connectivity index (χ0v) is 16.3. The van der Waals surface area contributed by atoms with Gasteiger partial charge >= 0.3 is 6.03 Å². The lowest BCUT2D eigenvalue weighted by Gasteiger charge is -2.25. The van der Waals surface area contributed by atoms with Crippen molar-refractivity contribution in [3.63, 3.8) is 0 Å². The van der Waals surface area contributed by atoms with Crippen molar-refractivity contribution in [2.45, 2.75) is 13.5 Å². The van der Waals surface area contributed by atoms with Crippen LogP contribution in [0.25, 0.3) is 0 Å². The second-order valence-corrected chi connectivity index (χ2v) is 6.63. The van der Waals surface area contributed by atoms with E-state index >= 15 is 0 Å². The lowest BCUT2D eigenvalue weighted by Crippen LogP contribution is -2.39. The van der Waals surface area contributed by atoms with Crippen molar-refractivity contribution in [1.82, 2.24) is 9.80 Å². The molecule has 6 heteroatoms. The molecule has 0 unspecified atom stereocenters. The van der Waals surface area contributed by atoms with Crippen molar-refractivity contribution in [2.75, 3.05) is 39.1 Å². The number of carbonyl (C=O) groups is 1. The molecule has 0 heterocycles. The van der Waals surface area contributed by atoms with Gasteiger partial charge in [-0.3, -0.25) is 0 Å². The Kier molecular flexibility index (Phi) is 7.75. The minimum Gasteiger partial charge on any atom is -0.492 e. The van der Waals surface area contributed by atoms with Gasteiger partial charge in [0.1, 0.15) is 5.75 Å². The van der Waals surface area contributed by atoms with E-state index in [1.54, 1.807) is 23.1 Å². The minimum atomic E-state index is -0.157. The van der Waals surface area contributed by atoms with Gasteiger partial charge in [-0.2, -0.15) is 0 Å². The van der Waals surface area contributed by atoms with Crippen molar-refractivity contribution < 1.29 is 9.53 Å². The summed E-state index contributed by atoms with van der Waals surface area (Å²) in [4.78, 5) is 16.6. The van der Waals surface area contributed by atoms with E-state index in [1.165, 1.54) is 0 Å². The second-order valence-electron chi connectivity index (χ2n) is 6.22. The Morgan fingerprint density at radius 1 is 1.12 bits per heavy atom. The summed E-state index contributed by atoms with van der Waals surface area (Å²) in [5, 5.41) is 3.40. The van der Waals surface area contributed by atoms with Gasteiger partial charge in [-0.15, -0.1) is 0 Å². The van der Waals surface area contributed by atoms with Crippen LogP contribution in [0, 0.1) is 0 Å². The smallest absolute Gasteiger partial charge is 0.322 e. The van der Waals surface area contributed by atoms with E-state index in [9.17, 15) is 4.79 Å². The molecule has 0 aliphatic rings. The number of likely N-dealkylation sites (N-methyl/N-ethyl adjacent to an activating group) is 1. The molecule has 0 aromatic heterocycles. The number of carbonyl (C=O) groups excluding carboxylic acids is 1. The third kappa shape index (κ3) is 6.24. The average molecular weight is 376 g/mol. The molecule has 26 heavy (non-hydrogen) atoms. The highest BCUT2D eigenvalue weighted by Crippen LogP contribution is 2.27. The number of benzene rings is 2. The van der Waals surface area contributed by atoms with Gasteiger partial charge in [-0.1, -0.05) is 41.9 Å². The second kappa shape index (κ2) is 10.0. The molecule has 1 N–H and O–H groups in total. The van der Waals surface area contributed by atoms with Crippen LogP contribution in [0.2, 0.25) is 5.02 Å². The molecule has 2 rings (SSSR count). The summed E-state index contributed by atoms with van der Waals surface area (Å²) >= 11 is 6.21. The first kappa shape index (κ1) is 20.1. The lowest BCUT2D eigenvalue weighted by atomic mass is 10.2.